The number of amides is 2. The number of ether oxygens (including phenoxy) is 3. The van der Waals surface area contributed by atoms with E-state index in [1.54, 1.807) is 6.92 Å². The lowest BCUT2D eigenvalue weighted by Crippen LogP contribution is -2.54. The van der Waals surface area contributed by atoms with Crippen LogP contribution in [0.2, 0.25) is 0 Å². The first-order valence-electron chi connectivity index (χ1n) is 7.02. The van der Waals surface area contributed by atoms with Crippen molar-refractivity contribution in [2.45, 2.75) is 19.0 Å². The van der Waals surface area contributed by atoms with Gasteiger partial charge >= 0.3 is 5.97 Å². The largest absolute Gasteiger partial charge is 0.467 e. The van der Waals surface area contributed by atoms with E-state index in [2.05, 4.69) is 20.4 Å². The number of thiazole rings is 1. The van der Waals surface area contributed by atoms with Crippen molar-refractivity contribution in [2.75, 3.05) is 34.5 Å². The van der Waals surface area contributed by atoms with Crippen LogP contribution in [0.4, 0.5) is 0 Å². The Balaban J connectivity index is 2.76. The number of nitrogens with zero attached hydrogens (tertiary/aromatic N) is 1. The van der Waals surface area contributed by atoms with Gasteiger partial charge in [0.05, 0.1) is 31.5 Å². The Morgan fingerprint density at radius 3 is 2.25 bits per heavy atom. The van der Waals surface area contributed by atoms with Gasteiger partial charge in [-0.2, -0.15) is 0 Å². The number of rotatable bonds is 9. The van der Waals surface area contributed by atoms with Gasteiger partial charge in [0.2, 0.25) is 5.91 Å². The van der Waals surface area contributed by atoms with Crippen molar-refractivity contribution in [1.82, 2.24) is 15.6 Å². The van der Waals surface area contributed by atoms with E-state index < -0.39 is 29.9 Å². The number of nitrogens with one attached hydrogen (secondary N) is 2. The van der Waals surface area contributed by atoms with Gasteiger partial charge in [-0.3, -0.25) is 9.59 Å². The van der Waals surface area contributed by atoms with Crippen LogP contribution in [-0.4, -0.2) is 69.4 Å². The molecule has 1 heterocycles. The predicted molar refractivity (Wildman–Crippen MR) is 85.8 cm³/mol. The fourth-order valence-corrected chi connectivity index (χ4v) is 2.48. The Hall–Kier alpha value is -2.04. The van der Waals surface area contributed by atoms with Gasteiger partial charge in [-0.15, -0.1) is 11.3 Å². The first-order valence-corrected chi connectivity index (χ1v) is 7.84. The Kier molecular flexibility index (Phi) is 8.30. The van der Waals surface area contributed by atoms with Crippen LogP contribution < -0.4 is 10.6 Å². The minimum Gasteiger partial charge on any atom is -0.467 e. The highest BCUT2D eigenvalue weighted by Crippen LogP contribution is 2.11. The molecular weight excluding hydrogens is 338 g/mol. The van der Waals surface area contributed by atoms with Gasteiger partial charge in [-0.05, 0) is 6.92 Å². The van der Waals surface area contributed by atoms with Crippen LogP contribution in [0.15, 0.2) is 6.20 Å². The molecule has 24 heavy (non-hydrogen) atoms. The molecule has 0 fully saturated rings. The molecule has 2 atom stereocenters. The van der Waals surface area contributed by atoms with Crippen molar-refractivity contribution in [3.05, 3.63) is 16.1 Å². The maximum Gasteiger partial charge on any atom is 0.330 e. The van der Waals surface area contributed by atoms with Crippen LogP contribution in [0.5, 0.6) is 0 Å². The van der Waals surface area contributed by atoms with Crippen molar-refractivity contribution in [3.63, 3.8) is 0 Å². The smallest absolute Gasteiger partial charge is 0.330 e. The summed E-state index contributed by atoms with van der Waals surface area (Å²) in [5, 5.41) is 5.76. The van der Waals surface area contributed by atoms with Crippen molar-refractivity contribution in [3.8, 4) is 0 Å². The molecule has 0 aromatic carbocycles. The molecule has 0 aliphatic carbocycles. The fraction of sp³-hybridized carbons (Fsp3) is 0.571. The molecule has 9 nitrogen and oxygen atoms in total. The third kappa shape index (κ3) is 5.87. The topological polar surface area (TPSA) is 116 Å². The van der Waals surface area contributed by atoms with Gasteiger partial charge in [-0.25, -0.2) is 9.78 Å². The Morgan fingerprint density at radius 1 is 1.12 bits per heavy atom. The molecule has 1 aromatic rings. The zero-order chi connectivity index (χ0) is 18.1. The number of aromatic nitrogens is 1. The fourth-order valence-electron chi connectivity index (χ4n) is 1.80. The minimum atomic E-state index is -0.978. The summed E-state index contributed by atoms with van der Waals surface area (Å²) in [4.78, 5) is 40.5. The maximum absolute atomic E-state index is 12.3. The number of hydrogen-bond acceptors (Lipinski definition) is 8. The maximum atomic E-state index is 12.3. The molecular formula is C14H21N3O6S. The number of aryl methyl sites for hydroxylation is 1. The van der Waals surface area contributed by atoms with E-state index in [0.717, 1.165) is 5.01 Å². The summed E-state index contributed by atoms with van der Waals surface area (Å²) in [5.41, 5.74) is 0. The average Bonchev–Trinajstić information content (AvgIpc) is 2.99. The molecule has 2 N–H and O–H groups in total. The van der Waals surface area contributed by atoms with Crippen molar-refractivity contribution in [2.24, 2.45) is 0 Å². The summed E-state index contributed by atoms with van der Waals surface area (Å²) in [6.07, 6.45) is 1.43. The van der Waals surface area contributed by atoms with Crippen LogP contribution in [0, 0.1) is 6.92 Å². The third-order valence-electron chi connectivity index (χ3n) is 2.94. The van der Waals surface area contributed by atoms with Gasteiger partial charge in [0.15, 0.2) is 6.04 Å². The number of methoxy groups -OCH3 is 3. The Labute approximate surface area is 143 Å². The SMILES string of the molecule is COC[C@H](NC(=O)c1cnc(C)s1)C(=O)N[C@@H](COC)C(=O)OC. The summed E-state index contributed by atoms with van der Waals surface area (Å²) >= 11 is 1.21. The normalized spacial score (nSPS) is 13.0. The molecule has 1 rings (SSSR count). The van der Waals surface area contributed by atoms with Crippen LogP contribution in [0.25, 0.3) is 0 Å². The molecule has 0 bridgehead atoms. The quantitative estimate of drug-likeness (QED) is 0.571. The molecule has 134 valence electrons. The minimum absolute atomic E-state index is 0.0555. The molecule has 0 aliphatic rings. The van der Waals surface area contributed by atoms with Crippen LogP contribution >= 0.6 is 11.3 Å². The molecule has 1 aromatic heterocycles. The van der Waals surface area contributed by atoms with E-state index in [1.165, 1.54) is 38.9 Å². The number of esters is 1. The predicted octanol–water partition coefficient (Wildman–Crippen LogP) is -0.499. The summed E-state index contributed by atoms with van der Waals surface area (Å²) in [6.45, 7) is 1.66. The van der Waals surface area contributed by atoms with E-state index in [1.807, 2.05) is 0 Å². The van der Waals surface area contributed by atoms with E-state index >= 15 is 0 Å². The van der Waals surface area contributed by atoms with Gasteiger partial charge in [0.25, 0.3) is 5.91 Å². The summed E-state index contributed by atoms with van der Waals surface area (Å²) < 4.78 is 14.4. The Bertz CT molecular complexity index is 577. The second kappa shape index (κ2) is 9.96. The molecule has 2 amide bonds. The molecule has 10 heteroatoms. The van der Waals surface area contributed by atoms with Crippen molar-refractivity contribution < 1.29 is 28.6 Å². The van der Waals surface area contributed by atoms with Gasteiger partial charge in [-0.1, -0.05) is 0 Å². The second-order valence-corrected chi connectivity index (χ2v) is 6.00. The molecule has 0 saturated carbocycles. The van der Waals surface area contributed by atoms with Crippen LogP contribution in [0.1, 0.15) is 14.7 Å². The van der Waals surface area contributed by atoms with Gasteiger partial charge in [0.1, 0.15) is 10.9 Å². The molecule has 0 radical (unpaired) electrons. The number of carbonyl (C=O) groups is 3. The van der Waals surface area contributed by atoms with E-state index in [0.29, 0.717) is 4.88 Å². The van der Waals surface area contributed by atoms with Crippen molar-refractivity contribution in [1.29, 1.82) is 0 Å². The monoisotopic (exact) mass is 359 g/mol. The number of carbonyl (C=O) groups excluding carboxylic acids is 3. The number of hydrogen-bond donors (Lipinski definition) is 2. The highest BCUT2D eigenvalue weighted by atomic mass is 32.1. The first kappa shape index (κ1) is 20.0. The molecule has 0 saturated heterocycles. The first-order chi connectivity index (χ1) is 11.4. The van der Waals surface area contributed by atoms with E-state index in [9.17, 15) is 14.4 Å². The Morgan fingerprint density at radius 2 is 1.75 bits per heavy atom. The summed E-state index contributed by atoms with van der Waals surface area (Å²) in [7, 11) is 4.00. The lowest BCUT2D eigenvalue weighted by molar-refractivity contribution is -0.147. The van der Waals surface area contributed by atoms with Crippen molar-refractivity contribution >= 4 is 29.1 Å². The summed E-state index contributed by atoms with van der Waals surface area (Å²) in [5.74, 6) is -1.68. The standard InChI is InChI=1S/C14H21N3O6S/c1-8-15-5-11(24-8)13(19)16-9(6-21-2)12(18)17-10(7-22-3)14(20)23-4/h5,9-10H,6-7H2,1-4H3,(H,16,19)(H,17,18)/t9-,10-/m0/s1. The lowest BCUT2D eigenvalue weighted by atomic mass is 10.2. The summed E-state index contributed by atoms with van der Waals surface area (Å²) in [6, 6.07) is -1.96. The zero-order valence-electron chi connectivity index (χ0n) is 14.0. The van der Waals surface area contributed by atoms with Crippen LogP contribution in [0.3, 0.4) is 0 Å². The highest BCUT2D eigenvalue weighted by Gasteiger charge is 2.28. The average molecular weight is 359 g/mol. The second-order valence-electron chi connectivity index (χ2n) is 4.76. The van der Waals surface area contributed by atoms with Crippen LogP contribution in [-0.2, 0) is 23.8 Å². The lowest BCUT2D eigenvalue weighted by Gasteiger charge is -2.21. The third-order valence-corrected chi connectivity index (χ3v) is 3.85. The van der Waals surface area contributed by atoms with E-state index in [4.69, 9.17) is 9.47 Å². The molecule has 0 unspecified atom stereocenters. The van der Waals surface area contributed by atoms with E-state index in [-0.39, 0.29) is 13.2 Å². The van der Waals surface area contributed by atoms with Gasteiger partial charge < -0.3 is 24.8 Å². The molecule has 0 aliphatic heterocycles. The highest BCUT2D eigenvalue weighted by molar-refractivity contribution is 7.13. The zero-order valence-corrected chi connectivity index (χ0v) is 14.8. The molecule has 0 spiro atoms. The van der Waals surface area contributed by atoms with Gasteiger partial charge in [0, 0.05) is 14.2 Å².